The average molecular weight is 260 g/mol. The van der Waals surface area contributed by atoms with E-state index in [9.17, 15) is 9.59 Å². The monoisotopic (exact) mass is 260 g/mol. The van der Waals surface area contributed by atoms with Crippen LogP contribution in [0.25, 0.3) is 0 Å². The summed E-state index contributed by atoms with van der Waals surface area (Å²) in [6.07, 6.45) is 0.901. The summed E-state index contributed by atoms with van der Waals surface area (Å²) >= 11 is 1.57. The highest BCUT2D eigenvalue weighted by Gasteiger charge is 2.20. The molecule has 0 radical (unpaired) electrons. The van der Waals surface area contributed by atoms with Crippen molar-refractivity contribution in [3.63, 3.8) is 0 Å². The fourth-order valence-electron chi connectivity index (χ4n) is 1.49. The summed E-state index contributed by atoms with van der Waals surface area (Å²) in [6, 6.07) is -0.368. The second-order valence-electron chi connectivity index (χ2n) is 4.60. The molecule has 2 atom stereocenters. The van der Waals surface area contributed by atoms with Gasteiger partial charge in [0.1, 0.15) is 0 Å². The Balaban J connectivity index is 4.03. The molecule has 3 N–H and O–H groups in total. The topological polar surface area (TPSA) is 72.2 Å². The Morgan fingerprint density at radius 1 is 1.29 bits per heavy atom. The lowest BCUT2D eigenvalue weighted by molar-refractivity contribution is -0.126. The first-order valence-corrected chi connectivity index (χ1v) is 7.04. The first-order chi connectivity index (χ1) is 7.88. The zero-order chi connectivity index (χ0) is 13.4. The van der Waals surface area contributed by atoms with E-state index in [1.54, 1.807) is 11.8 Å². The maximum absolute atomic E-state index is 11.7. The van der Waals surface area contributed by atoms with Crippen molar-refractivity contribution in [3.05, 3.63) is 0 Å². The normalized spacial score (nSPS) is 14.5. The Hall–Kier alpha value is -0.550. The van der Waals surface area contributed by atoms with Gasteiger partial charge in [0.05, 0.1) is 11.8 Å². The number of rotatable bonds is 8. The van der Waals surface area contributed by atoms with Gasteiger partial charge in [-0.2, -0.15) is 0 Å². The van der Waals surface area contributed by atoms with Gasteiger partial charge in [-0.15, -0.1) is 11.8 Å². The Bertz CT molecular complexity index is 257. The van der Waals surface area contributed by atoms with Crippen LogP contribution in [0.1, 0.15) is 34.1 Å². The number of Topliss-reactive ketones (excluding diaryl/α,β-unsaturated/α-hetero) is 1. The minimum Gasteiger partial charge on any atom is -0.345 e. The molecule has 5 heteroatoms. The first-order valence-electron chi connectivity index (χ1n) is 6.00. The Morgan fingerprint density at radius 3 is 2.29 bits per heavy atom. The van der Waals surface area contributed by atoms with E-state index in [1.165, 1.54) is 6.92 Å². The van der Waals surface area contributed by atoms with Gasteiger partial charge in [0.15, 0.2) is 5.78 Å². The highest BCUT2D eigenvalue weighted by molar-refractivity contribution is 8.00. The Kier molecular flexibility index (Phi) is 8.25. The van der Waals surface area contributed by atoms with Crippen LogP contribution in [-0.4, -0.2) is 35.3 Å². The molecule has 17 heavy (non-hydrogen) atoms. The smallest absolute Gasteiger partial charge is 0.230 e. The summed E-state index contributed by atoms with van der Waals surface area (Å²) < 4.78 is 0. The summed E-state index contributed by atoms with van der Waals surface area (Å²) in [5, 5.41) is 3.15. The predicted octanol–water partition coefficient (Wildman–Crippen LogP) is 1.19. The van der Waals surface area contributed by atoms with Crippen LogP contribution in [0.4, 0.5) is 0 Å². The summed E-state index contributed by atoms with van der Waals surface area (Å²) in [5.74, 6) is 0.446. The van der Waals surface area contributed by atoms with E-state index < -0.39 is 0 Å². The summed E-state index contributed by atoms with van der Waals surface area (Å²) in [6.45, 7) is 8.05. The van der Waals surface area contributed by atoms with Crippen molar-refractivity contribution >= 4 is 23.5 Å². The number of hydrogen-bond acceptors (Lipinski definition) is 4. The largest absolute Gasteiger partial charge is 0.345 e. The predicted molar refractivity (Wildman–Crippen MR) is 73.0 cm³/mol. The quantitative estimate of drug-likeness (QED) is 0.687. The molecule has 0 aliphatic heterocycles. The molecule has 0 spiro atoms. The van der Waals surface area contributed by atoms with Crippen LogP contribution >= 0.6 is 11.8 Å². The number of ketones is 1. The average Bonchev–Trinajstić information content (AvgIpc) is 2.22. The summed E-state index contributed by atoms with van der Waals surface area (Å²) in [5.41, 5.74) is 5.44. The molecule has 0 fully saturated rings. The molecule has 0 saturated carbocycles. The van der Waals surface area contributed by atoms with Gasteiger partial charge in [0.25, 0.3) is 0 Å². The van der Waals surface area contributed by atoms with Crippen molar-refractivity contribution in [1.82, 2.24) is 5.32 Å². The van der Waals surface area contributed by atoms with Crippen molar-refractivity contribution < 1.29 is 9.59 Å². The van der Waals surface area contributed by atoms with Gasteiger partial charge in [-0.1, -0.05) is 20.8 Å². The molecule has 0 aliphatic carbocycles. The van der Waals surface area contributed by atoms with E-state index in [0.29, 0.717) is 17.5 Å². The van der Waals surface area contributed by atoms with Crippen LogP contribution in [-0.2, 0) is 9.59 Å². The molecule has 1 amide bonds. The number of nitrogens with two attached hydrogens (primary N) is 1. The van der Waals surface area contributed by atoms with E-state index in [2.05, 4.69) is 12.2 Å². The van der Waals surface area contributed by atoms with Crippen LogP contribution in [0.15, 0.2) is 0 Å². The fraction of sp³-hybridized carbons (Fsp3) is 0.833. The highest BCUT2D eigenvalue weighted by atomic mass is 32.2. The molecule has 0 aromatic rings. The molecule has 0 rings (SSSR count). The molecular formula is C12H24N2O2S. The van der Waals surface area contributed by atoms with Gasteiger partial charge in [-0.05, 0) is 25.8 Å². The van der Waals surface area contributed by atoms with Crippen LogP contribution in [0.3, 0.4) is 0 Å². The molecule has 0 aliphatic rings. The molecular weight excluding hydrogens is 236 g/mol. The van der Waals surface area contributed by atoms with Crippen molar-refractivity contribution in [1.29, 1.82) is 0 Å². The third-order valence-corrected chi connectivity index (χ3v) is 3.73. The minimum absolute atomic E-state index is 0.00774. The lowest BCUT2D eigenvalue weighted by atomic mass is 10.0. The third-order valence-electron chi connectivity index (χ3n) is 2.49. The number of carbonyl (C=O) groups excluding carboxylic acids is 2. The van der Waals surface area contributed by atoms with Gasteiger partial charge in [0, 0.05) is 5.25 Å². The van der Waals surface area contributed by atoms with Gasteiger partial charge < -0.3 is 11.1 Å². The van der Waals surface area contributed by atoms with Crippen molar-refractivity contribution in [3.8, 4) is 0 Å². The maximum Gasteiger partial charge on any atom is 0.230 e. The highest BCUT2D eigenvalue weighted by Crippen LogP contribution is 2.13. The van der Waals surface area contributed by atoms with Crippen LogP contribution < -0.4 is 11.1 Å². The second kappa shape index (κ2) is 8.53. The molecule has 0 heterocycles. The molecule has 2 unspecified atom stereocenters. The van der Waals surface area contributed by atoms with Crippen LogP contribution in [0, 0.1) is 5.92 Å². The molecule has 0 bridgehead atoms. The first kappa shape index (κ1) is 16.4. The summed E-state index contributed by atoms with van der Waals surface area (Å²) in [7, 11) is 0. The molecule has 100 valence electrons. The third kappa shape index (κ3) is 7.39. The van der Waals surface area contributed by atoms with E-state index >= 15 is 0 Å². The molecule has 4 nitrogen and oxygen atoms in total. The SMILES string of the molecule is CC(=O)C(NC(=O)CSC(C)CCN)C(C)C. The lowest BCUT2D eigenvalue weighted by Crippen LogP contribution is -2.44. The van der Waals surface area contributed by atoms with Crippen molar-refractivity contribution in [2.75, 3.05) is 12.3 Å². The zero-order valence-corrected chi connectivity index (χ0v) is 12.0. The van der Waals surface area contributed by atoms with Crippen molar-refractivity contribution in [2.24, 2.45) is 11.7 Å². The number of thioether (sulfide) groups is 1. The lowest BCUT2D eigenvalue weighted by Gasteiger charge is -2.19. The number of hydrogen-bond donors (Lipinski definition) is 2. The van der Waals surface area contributed by atoms with Gasteiger partial charge in [0.2, 0.25) is 5.91 Å². The minimum atomic E-state index is -0.368. The van der Waals surface area contributed by atoms with E-state index in [1.807, 2.05) is 13.8 Å². The van der Waals surface area contributed by atoms with E-state index in [0.717, 1.165) is 6.42 Å². The van der Waals surface area contributed by atoms with Gasteiger partial charge in [-0.3, -0.25) is 9.59 Å². The molecule has 0 aromatic carbocycles. The number of nitrogens with one attached hydrogen (secondary N) is 1. The van der Waals surface area contributed by atoms with E-state index in [4.69, 9.17) is 5.73 Å². The zero-order valence-electron chi connectivity index (χ0n) is 11.2. The number of amides is 1. The molecule has 0 aromatic heterocycles. The maximum atomic E-state index is 11.7. The Labute approximate surface area is 108 Å². The van der Waals surface area contributed by atoms with Gasteiger partial charge in [-0.25, -0.2) is 0 Å². The van der Waals surface area contributed by atoms with Crippen LogP contribution in [0.2, 0.25) is 0 Å². The van der Waals surface area contributed by atoms with Crippen LogP contribution in [0.5, 0.6) is 0 Å². The van der Waals surface area contributed by atoms with Crippen molar-refractivity contribution in [2.45, 2.75) is 45.4 Å². The second-order valence-corrected chi connectivity index (χ2v) is 6.03. The number of carbonyl (C=O) groups is 2. The van der Waals surface area contributed by atoms with Gasteiger partial charge >= 0.3 is 0 Å². The standard InChI is InChI=1S/C12H24N2O2S/c1-8(2)12(10(4)15)14-11(16)7-17-9(3)5-6-13/h8-9,12H,5-7,13H2,1-4H3,(H,14,16). The van der Waals surface area contributed by atoms with E-state index in [-0.39, 0.29) is 23.7 Å². The molecule has 0 saturated heterocycles. The summed E-state index contributed by atoms with van der Waals surface area (Å²) in [4.78, 5) is 23.0. The Morgan fingerprint density at radius 2 is 1.88 bits per heavy atom. The fourth-order valence-corrected chi connectivity index (χ4v) is 2.31.